The number of hydrogen-bond acceptors (Lipinski definition) is 15. The second-order valence-electron chi connectivity index (χ2n) is 12.2. The first-order valence-corrected chi connectivity index (χ1v) is 23.0. The average Bonchev–Trinajstić information content (AvgIpc) is 3.45. The molecule has 2 amide bonds. The number of nitrogens with zero attached hydrogens (tertiary/aromatic N) is 1. The number of allylic oxidation sites excluding steroid dienone is 6. The Labute approximate surface area is 319 Å². The fourth-order valence-electron chi connectivity index (χ4n) is 4.71. The van der Waals surface area contributed by atoms with Crippen molar-refractivity contribution in [1.29, 1.82) is 0 Å². The summed E-state index contributed by atoms with van der Waals surface area (Å²) in [5, 5.41) is 23.6. The largest absolute Gasteiger partial charge is 0.490 e. The van der Waals surface area contributed by atoms with Crippen molar-refractivity contribution in [3.05, 3.63) is 77.9 Å². The highest BCUT2D eigenvalue weighted by Gasteiger charge is 2.43. The van der Waals surface area contributed by atoms with Gasteiger partial charge < -0.3 is 39.7 Å². The number of rotatable bonds is 22. The molecule has 0 aromatic heterocycles. The highest BCUT2D eigenvalue weighted by molar-refractivity contribution is 8.77. The van der Waals surface area contributed by atoms with Gasteiger partial charge in [-0.2, -0.15) is 8.62 Å². The first kappa shape index (κ1) is 46.3. The highest BCUT2D eigenvalue weighted by atomic mass is 33.1. The first-order chi connectivity index (χ1) is 25.2. The van der Waals surface area contributed by atoms with Gasteiger partial charge in [-0.3, -0.25) is 24.5 Å². The number of nitrogens with one attached hydrogen (secondary N) is 2. The lowest BCUT2D eigenvalue weighted by molar-refractivity contribution is -0.121. The second kappa shape index (κ2) is 21.4. The molecular formula is C30H44N3O16P3S2. The molecule has 302 valence electrons. The molecule has 5 atom stereocenters. The topological polar surface area (TPSA) is 280 Å². The number of hydrogen-bond donors (Lipinski definition) is 8. The van der Waals surface area contributed by atoms with Crippen LogP contribution in [0.15, 0.2) is 72.4 Å². The van der Waals surface area contributed by atoms with E-state index in [0.717, 1.165) is 5.57 Å². The lowest BCUT2D eigenvalue weighted by Crippen LogP contribution is -2.36. The minimum absolute atomic E-state index is 0.0488. The molecule has 0 bridgehead atoms. The van der Waals surface area contributed by atoms with Crippen molar-refractivity contribution in [2.45, 2.75) is 62.6 Å². The summed E-state index contributed by atoms with van der Waals surface area (Å²) < 4.78 is 59.1. The molecular weight excluding hydrogens is 815 g/mol. The summed E-state index contributed by atoms with van der Waals surface area (Å²) in [5.41, 5.74) is 1.22. The van der Waals surface area contributed by atoms with Crippen molar-refractivity contribution in [3.63, 3.8) is 0 Å². The number of carbonyl (C=O) groups is 2. The molecule has 1 aliphatic carbocycles. The van der Waals surface area contributed by atoms with Crippen molar-refractivity contribution in [3.8, 4) is 0 Å². The summed E-state index contributed by atoms with van der Waals surface area (Å²) in [7, 11) is -13.8. The fraction of sp³-hybridized carbons (Fsp3) is 0.467. The van der Waals surface area contributed by atoms with E-state index in [2.05, 4.69) is 19.3 Å². The number of ether oxygens (including phenoxy) is 2. The van der Waals surface area contributed by atoms with E-state index in [1.54, 1.807) is 12.2 Å². The van der Waals surface area contributed by atoms with E-state index < -0.39 is 53.1 Å². The molecule has 1 aromatic carbocycles. The van der Waals surface area contributed by atoms with Gasteiger partial charge in [-0.15, -0.1) is 5.23 Å². The van der Waals surface area contributed by atoms with E-state index in [9.17, 15) is 33.1 Å². The highest BCUT2D eigenvalue weighted by Crippen LogP contribution is 2.66. The molecule has 1 aromatic rings. The summed E-state index contributed by atoms with van der Waals surface area (Å²) in [5.74, 6) is -0.351. The van der Waals surface area contributed by atoms with Gasteiger partial charge in [-0.1, -0.05) is 64.1 Å². The summed E-state index contributed by atoms with van der Waals surface area (Å²) in [6, 6.07) is 5.66. The van der Waals surface area contributed by atoms with Gasteiger partial charge in [0, 0.05) is 36.2 Å². The number of amides is 2. The third-order valence-electron chi connectivity index (χ3n) is 7.21. The molecule has 3 rings (SSSR count). The zero-order valence-electron chi connectivity index (χ0n) is 29.1. The Bertz CT molecular complexity index is 1690. The Kier molecular flexibility index (Phi) is 18.3. The van der Waals surface area contributed by atoms with Crippen LogP contribution in [0.3, 0.4) is 0 Å². The Morgan fingerprint density at radius 3 is 2.31 bits per heavy atom. The molecule has 3 unspecified atom stereocenters. The van der Waals surface area contributed by atoms with Crippen molar-refractivity contribution in [2.75, 3.05) is 30.9 Å². The van der Waals surface area contributed by atoms with Gasteiger partial charge >= 0.3 is 23.5 Å². The van der Waals surface area contributed by atoms with Gasteiger partial charge in [-0.05, 0) is 56.5 Å². The van der Waals surface area contributed by atoms with E-state index in [-0.39, 0.29) is 35.1 Å². The predicted octanol–water partition coefficient (Wildman–Crippen LogP) is 4.90. The zero-order valence-corrected chi connectivity index (χ0v) is 33.4. The Morgan fingerprint density at radius 2 is 1.63 bits per heavy atom. The fourth-order valence-corrected chi connectivity index (χ4v) is 9.91. The molecule has 1 heterocycles. The maximum absolute atomic E-state index is 12.5. The van der Waals surface area contributed by atoms with E-state index >= 15 is 0 Å². The van der Waals surface area contributed by atoms with Gasteiger partial charge in [0.2, 0.25) is 5.91 Å². The molecule has 0 saturated carbocycles. The number of phosphoric acid groups is 3. The van der Waals surface area contributed by atoms with Gasteiger partial charge in [0.25, 0.3) is 5.91 Å². The third-order valence-corrected chi connectivity index (χ3v) is 14.0. The van der Waals surface area contributed by atoms with Gasteiger partial charge in [0.1, 0.15) is 12.0 Å². The van der Waals surface area contributed by atoms with Crippen LogP contribution in [-0.2, 0) is 41.1 Å². The minimum Gasteiger partial charge on any atom is -0.365 e. The maximum Gasteiger partial charge on any atom is 0.490 e. The molecule has 24 heteroatoms. The van der Waals surface area contributed by atoms with Gasteiger partial charge in [0.15, 0.2) is 0 Å². The van der Waals surface area contributed by atoms with E-state index in [1.165, 1.54) is 45.9 Å². The lowest BCUT2D eigenvalue weighted by atomic mass is 10.0. The van der Waals surface area contributed by atoms with Crippen molar-refractivity contribution in [1.82, 2.24) is 10.6 Å². The second-order valence-corrected chi connectivity index (χ2v) is 19.6. The van der Waals surface area contributed by atoms with E-state index in [4.69, 9.17) is 34.2 Å². The molecule has 0 spiro atoms. The molecule has 2 aliphatic rings. The summed E-state index contributed by atoms with van der Waals surface area (Å²) >= 11 is 0. The van der Waals surface area contributed by atoms with Crippen molar-refractivity contribution < 1.29 is 75.9 Å². The van der Waals surface area contributed by atoms with Gasteiger partial charge in [-0.25, -0.2) is 13.7 Å². The minimum atomic E-state index is -5.69. The molecule has 54 heavy (non-hydrogen) atoms. The van der Waals surface area contributed by atoms with Crippen LogP contribution in [-0.4, -0.2) is 90.5 Å². The van der Waals surface area contributed by atoms with Crippen LogP contribution in [0.5, 0.6) is 0 Å². The van der Waals surface area contributed by atoms with Crippen LogP contribution < -0.4 is 15.9 Å². The number of anilines is 1. The molecule has 19 nitrogen and oxygen atoms in total. The number of carbonyl (C=O) groups excluding carboxylic acids is 2. The van der Waals surface area contributed by atoms with Crippen LogP contribution in [0.1, 0.15) is 49.9 Å². The van der Waals surface area contributed by atoms with Crippen LogP contribution in [0, 0.1) is 0 Å². The Hall–Kier alpha value is -2.13. The predicted molar refractivity (Wildman–Crippen MR) is 199 cm³/mol. The summed E-state index contributed by atoms with van der Waals surface area (Å²) in [6.07, 6.45) is 12.2. The van der Waals surface area contributed by atoms with Crippen LogP contribution >= 0.6 is 45.1 Å². The Morgan fingerprint density at radius 1 is 0.944 bits per heavy atom. The lowest BCUT2D eigenvalue weighted by Gasteiger charge is -2.24. The third kappa shape index (κ3) is 17.8. The normalized spacial score (nSPS) is 22.2. The van der Waals surface area contributed by atoms with Crippen LogP contribution in [0.25, 0.3) is 0 Å². The quantitative estimate of drug-likeness (QED) is 0.0253. The molecule has 0 radical (unpaired) electrons. The Balaban J connectivity index is 1.43. The van der Waals surface area contributed by atoms with Crippen LogP contribution in [0.4, 0.5) is 5.69 Å². The number of phosphoric ester groups is 1. The van der Waals surface area contributed by atoms with Crippen LogP contribution in [0.2, 0.25) is 0 Å². The standard InChI is InChI=1S/C30H44N3O16P3S2/c1-30(2,20-32-28(34)12-8-9-17-31-29(35)23-13-15-24(16-14-23)33(36)37)54-53-21-45-26-18-25(22-10-6-4-3-5-7-11-22)47-27(26)19-46-51(41,42)49-52(43,44)48-50(38,39)40/h3-7,10-11,13-16,25-27,36-37H,8-9,12,17-21H2,1-2H3,(H,31,35)(H,32,34)(H,41,42)(H,43,44)(H2,38,39,40)/b4-3-,5-3?,6-4?,7-5-,10-6?,11-7?,22-10?,22-11?/t25-,26?,27-/m1/s1. The molecule has 1 saturated heterocycles. The number of benzene rings is 1. The smallest absolute Gasteiger partial charge is 0.365 e. The van der Waals surface area contributed by atoms with E-state index in [0.29, 0.717) is 37.9 Å². The number of unbranched alkanes of at least 4 members (excludes halogenated alkanes) is 1. The molecule has 1 fully saturated rings. The summed E-state index contributed by atoms with van der Waals surface area (Å²) in [4.78, 5) is 61.7. The maximum atomic E-state index is 12.5. The van der Waals surface area contributed by atoms with E-state index in [1.807, 2.05) is 44.2 Å². The SMILES string of the molecule is CC(C)(CNC(=O)CCCCNC(=O)c1ccc(N(O)O)cc1)SSCOC1C[C@H](C2=C/C=C\C=C/C=C2)O[C@@H]1COP(=O)(O)OP(=O)(O)OP(=O)(O)O. The van der Waals surface area contributed by atoms with Crippen molar-refractivity contribution in [2.24, 2.45) is 0 Å². The van der Waals surface area contributed by atoms with Gasteiger partial charge in [0.05, 0.1) is 24.5 Å². The summed E-state index contributed by atoms with van der Waals surface area (Å²) in [6.45, 7) is 3.90. The average molecular weight is 860 g/mol. The zero-order chi connectivity index (χ0) is 40.0. The molecule has 8 N–H and O–H groups in total. The van der Waals surface area contributed by atoms with Crippen molar-refractivity contribution >= 4 is 62.6 Å². The first-order valence-electron chi connectivity index (χ1n) is 16.1. The monoisotopic (exact) mass is 859 g/mol. The molecule has 1 aliphatic heterocycles.